The molecular formula is C9H9IN2O3. The second-order valence-electron chi connectivity index (χ2n) is 1.77. The van der Waals surface area contributed by atoms with Crippen LogP contribution in [0.5, 0.6) is 5.75 Å². The fourth-order valence-electron chi connectivity index (χ4n) is 0.580. The van der Waals surface area contributed by atoms with Crippen molar-refractivity contribution in [3.05, 3.63) is 30.3 Å². The first-order valence-electron chi connectivity index (χ1n) is 3.58. The summed E-state index contributed by atoms with van der Waals surface area (Å²) in [6, 6.07) is 9.78. The van der Waals surface area contributed by atoms with Crippen molar-refractivity contribution in [2.45, 2.75) is 0 Å². The molecule has 5 nitrogen and oxygen atoms in total. The van der Waals surface area contributed by atoms with Crippen LogP contribution in [0.4, 0.5) is 0 Å². The summed E-state index contributed by atoms with van der Waals surface area (Å²) in [6.45, 7) is 0. The van der Waals surface area contributed by atoms with Crippen molar-refractivity contribution in [3.63, 3.8) is 0 Å². The lowest BCUT2D eigenvalue weighted by atomic mass is 10.3. The first-order chi connectivity index (χ1) is 7.26. The van der Waals surface area contributed by atoms with Gasteiger partial charge < -0.3 is 4.74 Å². The van der Waals surface area contributed by atoms with Gasteiger partial charge in [0.2, 0.25) is 12.2 Å². The lowest BCUT2D eigenvalue weighted by molar-refractivity contribution is 0.404. The topological polar surface area (TPSA) is 91.1 Å². The average Bonchev–Trinajstić information content (AvgIpc) is 2.22. The minimum absolute atomic E-state index is 0.710. The average molecular weight is 320 g/mol. The number of ether oxygens (including phenoxy) is 1. The normalized spacial score (nSPS) is 6.47. The van der Waals surface area contributed by atoms with Crippen LogP contribution < -0.4 is 4.74 Å². The number of nitrogens with one attached hydrogen (secondary N) is 2. The Morgan fingerprint density at radius 3 is 1.87 bits per heavy atom. The second kappa shape index (κ2) is 15.0. The number of benzene rings is 1. The minimum Gasteiger partial charge on any atom is -0.483 e. The number of hydrogen-bond donors (Lipinski definition) is 2. The first kappa shape index (κ1) is 16.0. The van der Waals surface area contributed by atoms with Crippen LogP contribution in [0.1, 0.15) is 0 Å². The van der Waals surface area contributed by atoms with Crippen LogP contribution in [0, 0.1) is 10.8 Å². The predicted molar refractivity (Wildman–Crippen MR) is 62.8 cm³/mol. The zero-order valence-corrected chi connectivity index (χ0v) is 9.85. The maximum absolute atomic E-state index is 8.35. The molecule has 1 rings (SSSR count). The van der Waals surface area contributed by atoms with Gasteiger partial charge in [0.1, 0.15) is 10.4 Å². The Morgan fingerprint density at radius 1 is 1.13 bits per heavy atom. The van der Waals surface area contributed by atoms with E-state index in [9.17, 15) is 0 Å². The van der Waals surface area contributed by atoms with Gasteiger partial charge in [-0.15, -0.1) is 0 Å². The molecule has 6 heteroatoms. The maximum atomic E-state index is 8.35. The molecule has 0 amide bonds. The summed E-state index contributed by atoms with van der Waals surface area (Å²) in [5.41, 5.74) is 0. The van der Waals surface area contributed by atoms with Crippen LogP contribution in [0.15, 0.2) is 30.3 Å². The van der Waals surface area contributed by atoms with Crippen molar-refractivity contribution in [3.8, 4) is 5.75 Å². The summed E-state index contributed by atoms with van der Waals surface area (Å²) in [4.78, 5) is 16.7. The highest BCUT2D eigenvalue weighted by Crippen LogP contribution is 2.08. The SMILES string of the molecule is ICOc1ccccc1.N=C=O.N=C=O. The Morgan fingerprint density at radius 2 is 1.53 bits per heavy atom. The molecule has 0 unspecified atom stereocenters. The van der Waals surface area contributed by atoms with Gasteiger partial charge in [0, 0.05) is 0 Å². The molecule has 0 saturated heterocycles. The van der Waals surface area contributed by atoms with Crippen LogP contribution >= 0.6 is 22.6 Å². The van der Waals surface area contributed by atoms with Crippen molar-refractivity contribution >= 4 is 34.8 Å². The van der Waals surface area contributed by atoms with Gasteiger partial charge in [0.05, 0.1) is 0 Å². The molecule has 0 atom stereocenters. The van der Waals surface area contributed by atoms with Gasteiger partial charge >= 0.3 is 0 Å². The Balaban J connectivity index is 0. The molecule has 80 valence electrons. The van der Waals surface area contributed by atoms with Crippen molar-refractivity contribution in [2.24, 2.45) is 0 Å². The second-order valence-corrected chi connectivity index (χ2v) is 2.39. The first-order valence-corrected chi connectivity index (χ1v) is 5.10. The summed E-state index contributed by atoms with van der Waals surface area (Å²) >= 11 is 2.17. The molecule has 0 aliphatic carbocycles. The van der Waals surface area contributed by atoms with E-state index in [0.29, 0.717) is 4.61 Å². The van der Waals surface area contributed by atoms with E-state index in [1.54, 1.807) is 0 Å². The summed E-state index contributed by atoms with van der Waals surface area (Å²) in [5, 5.41) is 10.8. The number of isocyanates is 2. The Hall–Kier alpha value is -1.49. The molecule has 0 aliphatic heterocycles. The standard InChI is InChI=1S/C7H7IO.2CHNO/c8-6-9-7-4-2-1-3-5-7;2*2-1-3/h1-5H,6H2;2*2H. The van der Waals surface area contributed by atoms with Crippen molar-refractivity contribution < 1.29 is 14.3 Å². The van der Waals surface area contributed by atoms with Gasteiger partial charge in [0.15, 0.2) is 0 Å². The van der Waals surface area contributed by atoms with Crippen LogP contribution in [-0.4, -0.2) is 16.8 Å². The summed E-state index contributed by atoms with van der Waals surface area (Å²) in [5.74, 6) is 0.937. The van der Waals surface area contributed by atoms with Gasteiger partial charge in [-0.3, -0.25) is 0 Å². The van der Waals surface area contributed by atoms with E-state index in [-0.39, 0.29) is 0 Å². The molecule has 0 bridgehead atoms. The quantitative estimate of drug-likeness (QED) is 0.379. The predicted octanol–water partition coefficient (Wildman–Crippen LogP) is 2.26. The van der Waals surface area contributed by atoms with Crippen LogP contribution in [0.25, 0.3) is 0 Å². The van der Waals surface area contributed by atoms with E-state index in [1.165, 1.54) is 0 Å². The highest BCUT2D eigenvalue weighted by molar-refractivity contribution is 14.1. The van der Waals surface area contributed by atoms with Crippen molar-refractivity contribution in [1.29, 1.82) is 10.8 Å². The van der Waals surface area contributed by atoms with E-state index >= 15 is 0 Å². The van der Waals surface area contributed by atoms with E-state index in [2.05, 4.69) is 22.6 Å². The molecule has 0 heterocycles. The van der Waals surface area contributed by atoms with Gasteiger partial charge in [-0.2, -0.15) is 0 Å². The molecule has 1 aromatic rings. The number of alkyl halides is 1. The molecule has 0 spiro atoms. The Bertz CT molecular complexity index is 292. The number of carbonyl (C=O) groups excluding carboxylic acids is 2. The zero-order valence-electron chi connectivity index (χ0n) is 7.70. The third kappa shape index (κ3) is 15.3. The van der Waals surface area contributed by atoms with Crippen molar-refractivity contribution in [2.75, 3.05) is 4.61 Å². The molecule has 0 fully saturated rings. The highest BCUT2D eigenvalue weighted by atomic mass is 127. The molecule has 15 heavy (non-hydrogen) atoms. The number of rotatable bonds is 2. The Kier molecular flexibility index (Phi) is 16.0. The molecule has 0 aromatic heterocycles. The summed E-state index contributed by atoms with van der Waals surface area (Å²) < 4.78 is 5.90. The maximum Gasteiger partial charge on any atom is 0.231 e. The summed E-state index contributed by atoms with van der Waals surface area (Å²) in [6.07, 6.45) is 1.50. The summed E-state index contributed by atoms with van der Waals surface area (Å²) in [7, 11) is 0. The van der Waals surface area contributed by atoms with E-state index in [4.69, 9.17) is 25.1 Å². The molecule has 2 N–H and O–H groups in total. The monoisotopic (exact) mass is 320 g/mol. The molecular weight excluding hydrogens is 311 g/mol. The van der Waals surface area contributed by atoms with Crippen LogP contribution in [-0.2, 0) is 9.59 Å². The molecule has 0 radical (unpaired) electrons. The van der Waals surface area contributed by atoms with Gasteiger partial charge in [0.25, 0.3) is 0 Å². The fraction of sp³-hybridized carbons (Fsp3) is 0.111. The third-order valence-electron chi connectivity index (χ3n) is 0.964. The van der Waals surface area contributed by atoms with E-state index in [0.717, 1.165) is 17.9 Å². The minimum atomic E-state index is 0.710. The molecule has 0 aliphatic rings. The highest BCUT2D eigenvalue weighted by Gasteiger charge is 1.84. The smallest absolute Gasteiger partial charge is 0.231 e. The van der Waals surface area contributed by atoms with E-state index < -0.39 is 0 Å². The van der Waals surface area contributed by atoms with Crippen molar-refractivity contribution in [1.82, 2.24) is 0 Å². The lowest BCUT2D eigenvalue weighted by Gasteiger charge is -1.98. The zero-order chi connectivity index (χ0) is 11.9. The van der Waals surface area contributed by atoms with Crippen LogP contribution in [0.3, 0.4) is 0 Å². The number of hydrogen-bond acceptors (Lipinski definition) is 5. The largest absolute Gasteiger partial charge is 0.483 e. The Labute approximate surface area is 101 Å². The van der Waals surface area contributed by atoms with Gasteiger partial charge in [-0.1, -0.05) is 18.2 Å². The molecule has 1 aromatic carbocycles. The van der Waals surface area contributed by atoms with Crippen LogP contribution in [0.2, 0.25) is 0 Å². The number of halogens is 1. The third-order valence-corrected chi connectivity index (χ3v) is 1.28. The van der Waals surface area contributed by atoms with Gasteiger partial charge in [-0.05, 0) is 34.7 Å². The van der Waals surface area contributed by atoms with E-state index in [1.807, 2.05) is 30.3 Å². The molecule has 0 saturated carbocycles. The van der Waals surface area contributed by atoms with Gasteiger partial charge in [-0.25, -0.2) is 20.4 Å². The fourth-order valence-corrected chi connectivity index (χ4v) is 0.939. The lowest BCUT2D eigenvalue weighted by Crippen LogP contribution is -1.85. The number of para-hydroxylation sites is 1.